The van der Waals surface area contributed by atoms with Gasteiger partial charge in [-0.25, -0.2) is 22.0 Å². The average molecular weight is 301 g/mol. The second-order valence-electron chi connectivity index (χ2n) is 4.04. The number of sulfonamides is 1. The molecule has 1 unspecified atom stereocenters. The van der Waals surface area contributed by atoms with Crippen LogP contribution in [0.5, 0.6) is 0 Å². The highest BCUT2D eigenvalue weighted by atomic mass is 32.2. The SMILES string of the molecule is CS(=O)(=O)CCC(N)C(=O)NCCCS(N)(=O)=O. The summed E-state index contributed by atoms with van der Waals surface area (Å²) >= 11 is 0. The van der Waals surface area contributed by atoms with Crippen LogP contribution in [0.2, 0.25) is 0 Å². The van der Waals surface area contributed by atoms with E-state index in [1.165, 1.54) is 0 Å². The molecule has 1 atom stereocenters. The molecule has 108 valence electrons. The molecule has 0 spiro atoms. The Labute approximate surface area is 107 Å². The molecule has 0 aromatic heterocycles. The predicted molar refractivity (Wildman–Crippen MR) is 67.9 cm³/mol. The van der Waals surface area contributed by atoms with Crippen molar-refractivity contribution in [2.75, 3.05) is 24.3 Å². The Morgan fingerprint density at radius 3 is 2.22 bits per heavy atom. The van der Waals surface area contributed by atoms with Crippen molar-refractivity contribution >= 4 is 25.8 Å². The third-order valence-corrected chi connectivity index (χ3v) is 3.88. The number of amides is 1. The van der Waals surface area contributed by atoms with Gasteiger partial charge in [0.2, 0.25) is 15.9 Å². The van der Waals surface area contributed by atoms with E-state index in [2.05, 4.69) is 5.32 Å². The van der Waals surface area contributed by atoms with Crippen molar-refractivity contribution in [2.24, 2.45) is 10.9 Å². The first-order chi connectivity index (χ1) is 8.01. The van der Waals surface area contributed by atoms with Crippen LogP contribution in [0, 0.1) is 0 Å². The molecule has 0 aliphatic rings. The third-order valence-electron chi connectivity index (χ3n) is 2.04. The fourth-order valence-electron chi connectivity index (χ4n) is 1.09. The summed E-state index contributed by atoms with van der Waals surface area (Å²) in [6.07, 6.45) is 1.27. The number of nitrogens with one attached hydrogen (secondary N) is 1. The van der Waals surface area contributed by atoms with E-state index >= 15 is 0 Å². The van der Waals surface area contributed by atoms with E-state index in [1.54, 1.807) is 0 Å². The van der Waals surface area contributed by atoms with E-state index in [4.69, 9.17) is 10.9 Å². The van der Waals surface area contributed by atoms with Gasteiger partial charge in [-0.3, -0.25) is 4.79 Å². The summed E-state index contributed by atoms with van der Waals surface area (Å²) in [6, 6.07) is -0.922. The molecule has 0 aliphatic carbocycles. The second-order valence-corrected chi connectivity index (χ2v) is 8.03. The van der Waals surface area contributed by atoms with Gasteiger partial charge in [0.15, 0.2) is 0 Å². The third kappa shape index (κ3) is 10.4. The Bertz CT molecular complexity index is 471. The van der Waals surface area contributed by atoms with Crippen LogP contribution in [0.25, 0.3) is 0 Å². The van der Waals surface area contributed by atoms with Crippen molar-refractivity contribution < 1.29 is 21.6 Å². The van der Waals surface area contributed by atoms with Crippen LogP contribution in [-0.2, 0) is 24.7 Å². The van der Waals surface area contributed by atoms with E-state index in [1.807, 2.05) is 0 Å². The van der Waals surface area contributed by atoms with Gasteiger partial charge in [-0.15, -0.1) is 0 Å². The molecule has 10 heteroatoms. The lowest BCUT2D eigenvalue weighted by atomic mass is 10.2. The molecule has 8 nitrogen and oxygen atoms in total. The highest BCUT2D eigenvalue weighted by Gasteiger charge is 2.15. The number of carbonyl (C=O) groups excluding carboxylic acids is 1. The highest BCUT2D eigenvalue weighted by Crippen LogP contribution is 1.94. The van der Waals surface area contributed by atoms with Crippen LogP contribution < -0.4 is 16.2 Å². The molecule has 0 aromatic carbocycles. The zero-order valence-electron chi connectivity index (χ0n) is 10.1. The number of primary sulfonamides is 1. The van der Waals surface area contributed by atoms with Crippen LogP contribution in [0.1, 0.15) is 12.8 Å². The number of rotatable bonds is 8. The molecule has 0 saturated carbocycles. The lowest BCUT2D eigenvalue weighted by Gasteiger charge is -2.11. The molecule has 0 rings (SSSR count). The first kappa shape index (κ1) is 17.3. The van der Waals surface area contributed by atoms with Crippen molar-refractivity contribution in [3.05, 3.63) is 0 Å². The average Bonchev–Trinajstić information content (AvgIpc) is 2.18. The van der Waals surface area contributed by atoms with Crippen molar-refractivity contribution in [1.82, 2.24) is 5.32 Å². The van der Waals surface area contributed by atoms with E-state index in [9.17, 15) is 21.6 Å². The summed E-state index contributed by atoms with van der Waals surface area (Å²) in [5, 5.41) is 7.19. The Balaban J connectivity index is 3.89. The van der Waals surface area contributed by atoms with Crippen LogP contribution in [0.4, 0.5) is 0 Å². The normalized spacial score (nSPS) is 14.2. The summed E-state index contributed by atoms with van der Waals surface area (Å²) in [7, 11) is -6.69. The van der Waals surface area contributed by atoms with Crippen LogP contribution >= 0.6 is 0 Å². The minimum Gasteiger partial charge on any atom is -0.355 e. The number of sulfone groups is 1. The smallest absolute Gasteiger partial charge is 0.236 e. The molecular formula is C8H19N3O5S2. The van der Waals surface area contributed by atoms with Crippen molar-refractivity contribution in [3.63, 3.8) is 0 Å². The fraction of sp³-hybridized carbons (Fsp3) is 0.875. The maximum absolute atomic E-state index is 11.4. The Hall–Kier alpha value is -0.710. The van der Waals surface area contributed by atoms with E-state index in [0.29, 0.717) is 0 Å². The molecule has 0 aromatic rings. The summed E-state index contributed by atoms with van der Waals surface area (Å²) < 4.78 is 42.9. The van der Waals surface area contributed by atoms with Gasteiger partial charge in [0.05, 0.1) is 17.5 Å². The van der Waals surface area contributed by atoms with E-state index in [0.717, 1.165) is 6.26 Å². The minimum absolute atomic E-state index is 0.0276. The molecule has 0 radical (unpaired) electrons. The maximum Gasteiger partial charge on any atom is 0.236 e. The van der Waals surface area contributed by atoms with E-state index < -0.39 is 31.8 Å². The summed E-state index contributed by atoms with van der Waals surface area (Å²) in [5.74, 6) is -0.905. The molecule has 1 amide bonds. The first-order valence-corrected chi connectivity index (χ1v) is 9.00. The number of hydrogen-bond donors (Lipinski definition) is 3. The zero-order chi connectivity index (χ0) is 14.4. The molecular weight excluding hydrogens is 282 g/mol. The van der Waals surface area contributed by atoms with E-state index in [-0.39, 0.29) is 30.9 Å². The van der Waals surface area contributed by atoms with Crippen molar-refractivity contribution in [2.45, 2.75) is 18.9 Å². The van der Waals surface area contributed by atoms with Crippen molar-refractivity contribution in [1.29, 1.82) is 0 Å². The van der Waals surface area contributed by atoms with Gasteiger partial charge in [-0.2, -0.15) is 0 Å². The quantitative estimate of drug-likeness (QED) is 0.423. The predicted octanol–water partition coefficient (Wildman–Crippen LogP) is -2.46. The lowest BCUT2D eigenvalue weighted by molar-refractivity contribution is -0.122. The first-order valence-electron chi connectivity index (χ1n) is 5.23. The highest BCUT2D eigenvalue weighted by molar-refractivity contribution is 7.90. The maximum atomic E-state index is 11.4. The Morgan fingerprint density at radius 1 is 1.22 bits per heavy atom. The van der Waals surface area contributed by atoms with Crippen LogP contribution in [0.3, 0.4) is 0 Å². The topological polar surface area (TPSA) is 149 Å². The molecule has 0 saturated heterocycles. The van der Waals surface area contributed by atoms with Gasteiger partial charge in [-0.05, 0) is 12.8 Å². The van der Waals surface area contributed by atoms with Gasteiger partial charge >= 0.3 is 0 Å². The summed E-state index contributed by atoms with van der Waals surface area (Å²) in [6.45, 7) is 0.127. The Kier molecular flexibility index (Phi) is 6.74. The standard InChI is InChI=1S/C8H19N3O5S2/c1-17(13,14)6-3-7(9)8(12)11-4-2-5-18(10,15)16/h7H,2-6,9H2,1H3,(H,11,12)(H2,10,15,16). The summed E-state index contributed by atoms with van der Waals surface area (Å²) in [4.78, 5) is 11.4. The molecule has 0 heterocycles. The van der Waals surface area contributed by atoms with Crippen LogP contribution in [0.15, 0.2) is 0 Å². The second kappa shape index (κ2) is 7.02. The molecule has 18 heavy (non-hydrogen) atoms. The van der Waals surface area contributed by atoms with Gasteiger partial charge in [-0.1, -0.05) is 0 Å². The monoisotopic (exact) mass is 301 g/mol. The van der Waals surface area contributed by atoms with Gasteiger partial charge in [0.1, 0.15) is 9.84 Å². The largest absolute Gasteiger partial charge is 0.355 e. The number of carbonyl (C=O) groups is 1. The number of nitrogens with two attached hydrogens (primary N) is 2. The van der Waals surface area contributed by atoms with Gasteiger partial charge in [0.25, 0.3) is 0 Å². The summed E-state index contributed by atoms with van der Waals surface area (Å²) in [5.41, 5.74) is 5.47. The fourth-order valence-corrected chi connectivity index (χ4v) is 2.32. The van der Waals surface area contributed by atoms with Crippen molar-refractivity contribution in [3.8, 4) is 0 Å². The molecule has 5 N–H and O–H groups in total. The number of hydrogen-bond acceptors (Lipinski definition) is 6. The molecule has 0 fully saturated rings. The molecule has 0 bridgehead atoms. The van der Waals surface area contributed by atoms with Gasteiger partial charge < -0.3 is 11.1 Å². The minimum atomic E-state index is -3.53. The Morgan fingerprint density at radius 2 is 1.78 bits per heavy atom. The molecule has 0 aliphatic heterocycles. The van der Waals surface area contributed by atoms with Gasteiger partial charge in [0, 0.05) is 12.8 Å². The zero-order valence-corrected chi connectivity index (χ0v) is 11.8. The van der Waals surface area contributed by atoms with Crippen LogP contribution in [-0.4, -0.2) is 53.1 Å². The lowest BCUT2D eigenvalue weighted by Crippen LogP contribution is -2.42.